The van der Waals surface area contributed by atoms with E-state index in [1.807, 2.05) is 32.1 Å². The Bertz CT molecular complexity index is 180. The lowest BCUT2D eigenvalue weighted by Gasteiger charge is -2.00. The van der Waals surface area contributed by atoms with Crippen LogP contribution < -0.4 is 0 Å². The van der Waals surface area contributed by atoms with E-state index in [1.165, 1.54) is 0 Å². The van der Waals surface area contributed by atoms with Crippen LogP contribution in [-0.4, -0.2) is 0 Å². The molecule has 0 aromatic rings. The first-order valence-corrected chi connectivity index (χ1v) is 3.87. The lowest BCUT2D eigenvalue weighted by atomic mass is 10.2. The Morgan fingerprint density at radius 2 is 2.27 bits per heavy atom. The Morgan fingerprint density at radius 3 is 2.64 bits per heavy atom. The standard InChI is InChI=1S/C9H13ClO/c1-4-6-9(7-5-2)8(3)11-10/h4,6-7H,3,5H2,1-2H3/b6-4-,9-7+. The molecule has 0 spiro atoms. The van der Waals surface area contributed by atoms with Crippen molar-refractivity contribution in [2.24, 2.45) is 0 Å². The van der Waals surface area contributed by atoms with E-state index in [2.05, 4.69) is 10.9 Å². The molecular formula is C9H13ClO. The molecule has 1 nitrogen and oxygen atoms in total. The Morgan fingerprint density at radius 1 is 1.64 bits per heavy atom. The van der Waals surface area contributed by atoms with Gasteiger partial charge in [0.15, 0.2) is 0 Å². The summed E-state index contributed by atoms with van der Waals surface area (Å²) in [5.41, 5.74) is 0.935. The molecule has 0 rings (SSSR count). The summed E-state index contributed by atoms with van der Waals surface area (Å²) >= 11 is 5.14. The Labute approximate surface area is 73.2 Å². The van der Waals surface area contributed by atoms with Crippen molar-refractivity contribution in [3.05, 3.63) is 36.1 Å². The van der Waals surface area contributed by atoms with Gasteiger partial charge in [-0.15, -0.1) is 0 Å². The van der Waals surface area contributed by atoms with Crippen LogP contribution in [0, 0.1) is 0 Å². The van der Waals surface area contributed by atoms with Crippen LogP contribution in [0.25, 0.3) is 0 Å². The zero-order valence-electron chi connectivity index (χ0n) is 6.93. The average Bonchev–Trinajstić information content (AvgIpc) is 2.03. The van der Waals surface area contributed by atoms with E-state index in [-0.39, 0.29) is 0 Å². The Kier molecular flexibility index (Phi) is 5.67. The highest BCUT2D eigenvalue weighted by Gasteiger charge is 1.97. The van der Waals surface area contributed by atoms with Crippen LogP contribution in [0.2, 0.25) is 0 Å². The molecule has 11 heavy (non-hydrogen) atoms. The minimum Gasteiger partial charge on any atom is -0.386 e. The lowest BCUT2D eigenvalue weighted by Crippen LogP contribution is -1.83. The van der Waals surface area contributed by atoms with Crippen molar-refractivity contribution in [2.75, 3.05) is 0 Å². The molecule has 0 aliphatic rings. The van der Waals surface area contributed by atoms with Gasteiger partial charge in [-0.25, -0.2) is 0 Å². The summed E-state index contributed by atoms with van der Waals surface area (Å²) in [6.45, 7) is 7.62. The molecule has 0 saturated carbocycles. The third-order valence-corrected chi connectivity index (χ3v) is 1.37. The fourth-order valence-corrected chi connectivity index (χ4v) is 0.808. The fourth-order valence-electron chi connectivity index (χ4n) is 0.719. The topological polar surface area (TPSA) is 9.23 Å². The van der Waals surface area contributed by atoms with Crippen molar-refractivity contribution in [3.63, 3.8) is 0 Å². The third-order valence-electron chi connectivity index (χ3n) is 1.19. The molecular weight excluding hydrogens is 160 g/mol. The summed E-state index contributed by atoms with van der Waals surface area (Å²) in [7, 11) is 0. The molecule has 0 fully saturated rings. The van der Waals surface area contributed by atoms with Gasteiger partial charge >= 0.3 is 0 Å². The van der Waals surface area contributed by atoms with Gasteiger partial charge in [-0.2, -0.15) is 0 Å². The van der Waals surface area contributed by atoms with E-state index in [9.17, 15) is 0 Å². The largest absolute Gasteiger partial charge is 0.386 e. The molecule has 0 aromatic heterocycles. The van der Waals surface area contributed by atoms with Gasteiger partial charge in [0.25, 0.3) is 0 Å². The lowest BCUT2D eigenvalue weighted by molar-refractivity contribution is 0.491. The number of allylic oxidation sites excluding steroid dienone is 3. The van der Waals surface area contributed by atoms with Crippen LogP contribution in [0.4, 0.5) is 0 Å². The zero-order chi connectivity index (χ0) is 8.69. The number of hydrogen-bond donors (Lipinski definition) is 0. The molecule has 2 heteroatoms. The van der Waals surface area contributed by atoms with Gasteiger partial charge < -0.3 is 4.29 Å². The van der Waals surface area contributed by atoms with Crippen LogP contribution in [0.3, 0.4) is 0 Å². The van der Waals surface area contributed by atoms with Crippen LogP contribution in [0.1, 0.15) is 20.3 Å². The smallest absolute Gasteiger partial charge is 0.146 e. The van der Waals surface area contributed by atoms with E-state index >= 15 is 0 Å². The summed E-state index contributed by atoms with van der Waals surface area (Å²) in [6.07, 6.45) is 6.78. The van der Waals surface area contributed by atoms with E-state index in [0.29, 0.717) is 5.76 Å². The molecule has 0 bridgehead atoms. The van der Waals surface area contributed by atoms with E-state index in [0.717, 1.165) is 12.0 Å². The van der Waals surface area contributed by atoms with Crippen molar-refractivity contribution >= 4 is 11.9 Å². The minimum atomic E-state index is 0.492. The van der Waals surface area contributed by atoms with Gasteiger partial charge in [0.1, 0.15) is 17.6 Å². The first kappa shape index (κ1) is 10.3. The summed E-state index contributed by atoms with van der Waals surface area (Å²) in [5.74, 6) is 0.492. The van der Waals surface area contributed by atoms with Crippen molar-refractivity contribution in [3.8, 4) is 0 Å². The van der Waals surface area contributed by atoms with Gasteiger partial charge in [0.2, 0.25) is 0 Å². The second-order valence-electron chi connectivity index (χ2n) is 2.07. The molecule has 0 atom stereocenters. The average molecular weight is 173 g/mol. The molecule has 62 valence electrons. The molecule has 0 radical (unpaired) electrons. The van der Waals surface area contributed by atoms with E-state index in [1.54, 1.807) is 0 Å². The van der Waals surface area contributed by atoms with Crippen molar-refractivity contribution < 1.29 is 4.29 Å². The van der Waals surface area contributed by atoms with Gasteiger partial charge in [0, 0.05) is 5.57 Å². The maximum Gasteiger partial charge on any atom is 0.146 e. The molecule has 0 aliphatic heterocycles. The quantitative estimate of drug-likeness (QED) is 0.465. The second-order valence-corrected chi connectivity index (χ2v) is 2.22. The number of rotatable bonds is 4. The summed E-state index contributed by atoms with van der Waals surface area (Å²) in [4.78, 5) is 0. The van der Waals surface area contributed by atoms with Gasteiger partial charge in [-0.1, -0.05) is 31.7 Å². The molecule has 0 saturated heterocycles. The van der Waals surface area contributed by atoms with Crippen LogP contribution in [0.5, 0.6) is 0 Å². The van der Waals surface area contributed by atoms with Gasteiger partial charge in [0.05, 0.1) is 0 Å². The van der Waals surface area contributed by atoms with Crippen LogP contribution in [0.15, 0.2) is 36.1 Å². The van der Waals surface area contributed by atoms with Gasteiger partial charge in [-0.05, 0) is 13.3 Å². The molecule has 0 amide bonds. The minimum absolute atomic E-state index is 0.492. The van der Waals surface area contributed by atoms with E-state index in [4.69, 9.17) is 11.9 Å². The number of halogens is 1. The number of hydrogen-bond acceptors (Lipinski definition) is 1. The molecule has 0 N–H and O–H groups in total. The Balaban J connectivity index is 4.34. The third kappa shape index (κ3) is 3.89. The molecule has 0 heterocycles. The van der Waals surface area contributed by atoms with Gasteiger partial charge in [-0.3, -0.25) is 0 Å². The maximum absolute atomic E-state index is 5.14. The molecule has 0 aliphatic carbocycles. The second kappa shape index (κ2) is 6.05. The predicted octanol–water partition coefficient (Wildman–Crippen LogP) is 3.58. The van der Waals surface area contributed by atoms with Crippen molar-refractivity contribution in [1.82, 2.24) is 0 Å². The monoisotopic (exact) mass is 172 g/mol. The van der Waals surface area contributed by atoms with Crippen molar-refractivity contribution in [2.45, 2.75) is 20.3 Å². The SMILES string of the molecule is C=C(OCl)C(/C=C\C)=C/CC. The normalized spacial score (nSPS) is 12.1. The zero-order valence-corrected chi connectivity index (χ0v) is 7.69. The van der Waals surface area contributed by atoms with Crippen molar-refractivity contribution in [1.29, 1.82) is 0 Å². The highest BCUT2D eigenvalue weighted by molar-refractivity contribution is 6.08. The summed E-state index contributed by atoms with van der Waals surface area (Å²) in [6, 6.07) is 0. The molecule has 0 unspecified atom stereocenters. The maximum atomic E-state index is 5.14. The first-order valence-electron chi connectivity index (χ1n) is 3.57. The Hall–Kier alpha value is -0.690. The molecule has 0 aromatic carbocycles. The van der Waals surface area contributed by atoms with Crippen LogP contribution in [-0.2, 0) is 4.29 Å². The summed E-state index contributed by atoms with van der Waals surface area (Å²) in [5, 5.41) is 0. The fraction of sp³-hybridized carbons (Fsp3) is 0.333. The summed E-state index contributed by atoms with van der Waals surface area (Å²) < 4.78 is 4.48. The highest BCUT2D eigenvalue weighted by atomic mass is 35.5. The van der Waals surface area contributed by atoms with Crippen LogP contribution >= 0.6 is 11.9 Å². The highest BCUT2D eigenvalue weighted by Crippen LogP contribution is 2.13. The van der Waals surface area contributed by atoms with E-state index < -0.39 is 0 Å². The first-order chi connectivity index (χ1) is 5.26. The predicted molar refractivity (Wildman–Crippen MR) is 49.3 cm³/mol.